The van der Waals surface area contributed by atoms with Crippen molar-refractivity contribution in [3.05, 3.63) is 70.6 Å². The Morgan fingerprint density at radius 2 is 2.00 bits per heavy atom. The number of aromatic amines is 1. The summed E-state index contributed by atoms with van der Waals surface area (Å²) in [5.74, 6) is 3.27. The number of rotatable bonds is 5. The molecule has 4 aromatic rings. The number of thioether (sulfide) groups is 1. The standard InChI is InChI=1S/C21H18ClN7S/c22-15-4-1-3-14(12-15)20-24-17-5-2-10-30-19(17)21(25-20)23-16-8-6-13(7-9-16)11-18-26-28-29-27-18/h1,3-4,6-9,12H,2,5,10-11H2,(H,23,24,25)(H,26,27,28,29). The maximum Gasteiger partial charge on any atom is 0.178 e. The summed E-state index contributed by atoms with van der Waals surface area (Å²) < 4.78 is 0. The van der Waals surface area contributed by atoms with E-state index in [1.807, 2.05) is 48.2 Å². The number of fused-ring (bicyclic) bond motifs is 1. The molecule has 0 amide bonds. The normalized spacial score (nSPS) is 13.1. The van der Waals surface area contributed by atoms with Crippen LogP contribution in [0.3, 0.4) is 0 Å². The second-order valence-corrected chi connectivity index (χ2v) is 8.50. The molecule has 0 bridgehead atoms. The third kappa shape index (κ3) is 4.15. The smallest absolute Gasteiger partial charge is 0.178 e. The second-order valence-electron chi connectivity index (χ2n) is 6.96. The fraction of sp³-hybridized carbons (Fsp3) is 0.190. The Hall–Kier alpha value is -2.97. The highest BCUT2D eigenvalue weighted by atomic mass is 35.5. The van der Waals surface area contributed by atoms with Gasteiger partial charge in [-0.2, -0.15) is 5.21 Å². The number of nitrogens with one attached hydrogen (secondary N) is 2. The molecular formula is C21H18ClN7S. The van der Waals surface area contributed by atoms with Gasteiger partial charge in [-0.1, -0.05) is 41.1 Å². The van der Waals surface area contributed by atoms with E-state index >= 15 is 0 Å². The summed E-state index contributed by atoms with van der Waals surface area (Å²) in [6.45, 7) is 0. The average molecular weight is 436 g/mol. The van der Waals surface area contributed by atoms with Gasteiger partial charge in [-0.05, 0) is 48.4 Å². The van der Waals surface area contributed by atoms with Gasteiger partial charge < -0.3 is 5.32 Å². The Bertz CT molecular complexity index is 1160. The van der Waals surface area contributed by atoms with Crippen LogP contribution in [-0.4, -0.2) is 36.3 Å². The SMILES string of the molecule is Clc1cccc(-c2nc3c(c(Nc4ccc(Cc5nn[nH]n5)cc4)n2)SCCC3)c1. The van der Waals surface area contributed by atoms with Gasteiger partial charge in [0.2, 0.25) is 0 Å². The molecule has 0 spiro atoms. The maximum atomic E-state index is 6.18. The molecular weight excluding hydrogens is 418 g/mol. The summed E-state index contributed by atoms with van der Waals surface area (Å²) in [5, 5.41) is 18.2. The highest BCUT2D eigenvalue weighted by Crippen LogP contribution is 2.37. The Labute approximate surface area is 182 Å². The minimum atomic E-state index is 0.633. The molecule has 2 aromatic carbocycles. The van der Waals surface area contributed by atoms with Gasteiger partial charge in [0.25, 0.3) is 0 Å². The maximum absolute atomic E-state index is 6.18. The number of anilines is 2. The quantitative estimate of drug-likeness (QED) is 0.470. The number of benzene rings is 2. The van der Waals surface area contributed by atoms with Crippen LogP contribution in [0.25, 0.3) is 11.4 Å². The van der Waals surface area contributed by atoms with Crippen molar-refractivity contribution in [2.24, 2.45) is 0 Å². The summed E-state index contributed by atoms with van der Waals surface area (Å²) in [6, 6.07) is 15.8. The molecule has 1 aliphatic rings. The van der Waals surface area contributed by atoms with Gasteiger partial charge in [0.15, 0.2) is 11.6 Å². The molecule has 0 radical (unpaired) electrons. The van der Waals surface area contributed by atoms with Crippen LogP contribution in [-0.2, 0) is 12.8 Å². The molecule has 0 saturated carbocycles. The van der Waals surface area contributed by atoms with Crippen molar-refractivity contribution < 1.29 is 0 Å². The van der Waals surface area contributed by atoms with Gasteiger partial charge in [-0.15, -0.1) is 22.0 Å². The zero-order valence-corrected chi connectivity index (χ0v) is 17.5. The fourth-order valence-electron chi connectivity index (χ4n) is 3.36. The number of nitrogens with zero attached hydrogens (tertiary/aromatic N) is 5. The van der Waals surface area contributed by atoms with E-state index in [-0.39, 0.29) is 0 Å². The van der Waals surface area contributed by atoms with Crippen LogP contribution in [0.4, 0.5) is 11.5 Å². The lowest BCUT2D eigenvalue weighted by atomic mass is 10.1. The van der Waals surface area contributed by atoms with E-state index in [2.05, 4.69) is 38.1 Å². The third-order valence-corrected chi connectivity index (χ3v) is 6.24. The molecule has 7 nitrogen and oxygen atoms in total. The van der Waals surface area contributed by atoms with Crippen LogP contribution < -0.4 is 5.32 Å². The van der Waals surface area contributed by atoms with Crippen LogP contribution in [0.2, 0.25) is 5.02 Å². The van der Waals surface area contributed by atoms with Gasteiger partial charge in [-0.25, -0.2) is 9.97 Å². The molecule has 2 aromatic heterocycles. The highest BCUT2D eigenvalue weighted by molar-refractivity contribution is 7.99. The van der Waals surface area contributed by atoms with Crippen LogP contribution in [0.1, 0.15) is 23.5 Å². The minimum Gasteiger partial charge on any atom is -0.339 e. The predicted molar refractivity (Wildman–Crippen MR) is 118 cm³/mol. The summed E-state index contributed by atoms with van der Waals surface area (Å²) in [4.78, 5) is 10.8. The number of halogens is 1. The fourth-order valence-corrected chi connectivity index (χ4v) is 4.59. The average Bonchev–Trinajstić information content (AvgIpc) is 3.28. The first-order valence-corrected chi connectivity index (χ1v) is 11.0. The van der Waals surface area contributed by atoms with Gasteiger partial charge in [0.05, 0.1) is 10.6 Å². The van der Waals surface area contributed by atoms with E-state index in [0.717, 1.165) is 51.8 Å². The van der Waals surface area contributed by atoms with E-state index in [1.165, 1.54) is 0 Å². The molecule has 0 saturated heterocycles. The molecule has 0 aliphatic carbocycles. The van der Waals surface area contributed by atoms with E-state index in [9.17, 15) is 0 Å². The summed E-state index contributed by atoms with van der Waals surface area (Å²) in [7, 11) is 0. The zero-order valence-electron chi connectivity index (χ0n) is 16.0. The molecule has 1 aliphatic heterocycles. The van der Waals surface area contributed by atoms with Gasteiger partial charge in [0, 0.05) is 22.7 Å². The number of H-pyrrole nitrogens is 1. The third-order valence-electron chi connectivity index (χ3n) is 4.79. The molecule has 30 heavy (non-hydrogen) atoms. The van der Waals surface area contributed by atoms with E-state index in [0.29, 0.717) is 23.1 Å². The van der Waals surface area contributed by atoms with Crippen molar-refractivity contribution in [3.8, 4) is 11.4 Å². The Kier molecular flexibility index (Phi) is 5.33. The lowest BCUT2D eigenvalue weighted by molar-refractivity contribution is 0.834. The minimum absolute atomic E-state index is 0.633. The molecule has 150 valence electrons. The van der Waals surface area contributed by atoms with Crippen molar-refractivity contribution in [1.29, 1.82) is 0 Å². The van der Waals surface area contributed by atoms with Gasteiger partial charge in [0.1, 0.15) is 5.82 Å². The molecule has 0 atom stereocenters. The number of hydrogen-bond donors (Lipinski definition) is 2. The highest BCUT2D eigenvalue weighted by Gasteiger charge is 2.19. The molecule has 2 N–H and O–H groups in total. The molecule has 5 rings (SSSR count). The van der Waals surface area contributed by atoms with Gasteiger partial charge in [-0.3, -0.25) is 0 Å². The van der Waals surface area contributed by atoms with Crippen LogP contribution >= 0.6 is 23.4 Å². The first-order chi connectivity index (χ1) is 14.7. The largest absolute Gasteiger partial charge is 0.339 e. The van der Waals surface area contributed by atoms with Crippen molar-refractivity contribution in [2.45, 2.75) is 24.2 Å². The Morgan fingerprint density at radius 3 is 2.80 bits per heavy atom. The van der Waals surface area contributed by atoms with Crippen LogP contribution in [0.15, 0.2) is 53.4 Å². The van der Waals surface area contributed by atoms with Gasteiger partial charge >= 0.3 is 0 Å². The van der Waals surface area contributed by atoms with E-state index in [4.69, 9.17) is 21.6 Å². The predicted octanol–water partition coefficient (Wildman–Crippen LogP) is 4.68. The van der Waals surface area contributed by atoms with Crippen molar-refractivity contribution in [3.63, 3.8) is 0 Å². The first kappa shape index (κ1) is 19.0. The zero-order chi connectivity index (χ0) is 20.3. The van der Waals surface area contributed by atoms with Crippen molar-refractivity contribution in [1.82, 2.24) is 30.6 Å². The lowest BCUT2D eigenvalue weighted by Crippen LogP contribution is -2.09. The van der Waals surface area contributed by atoms with Crippen molar-refractivity contribution >= 4 is 34.9 Å². The van der Waals surface area contributed by atoms with Crippen molar-refractivity contribution in [2.75, 3.05) is 11.1 Å². The van der Waals surface area contributed by atoms with Crippen LogP contribution in [0.5, 0.6) is 0 Å². The topological polar surface area (TPSA) is 92.3 Å². The summed E-state index contributed by atoms with van der Waals surface area (Å²) >= 11 is 7.99. The summed E-state index contributed by atoms with van der Waals surface area (Å²) in [6.07, 6.45) is 2.71. The number of aryl methyl sites for hydroxylation is 1. The van der Waals surface area contributed by atoms with E-state index in [1.54, 1.807) is 0 Å². The molecule has 0 fully saturated rings. The summed E-state index contributed by atoms with van der Waals surface area (Å²) in [5.41, 5.74) is 4.09. The molecule has 3 heterocycles. The number of aromatic nitrogens is 6. The second kappa shape index (κ2) is 8.41. The molecule has 9 heteroatoms. The first-order valence-electron chi connectivity index (χ1n) is 9.62. The van der Waals surface area contributed by atoms with Crippen LogP contribution in [0, 0.1) is 0 Å². The van der Waals surface area contributed by atoms with E-state index < -0.39 is 0 Å². The molecule has 0 unspecified atom stereocenters. The lowest BCUT2D eigenvalue weighted by Gasteiger charge is -2.19. The number of tetrazole rings is 1. The Balaban J connectivity index is 1.45. The monoisotopic (exact) mass is 435 g/mol. The Morgan fingerprint density at radius 1 is 1.10 bits per heavy atom. The number of hydrogen-bond acceptors (Lipinski definition) is 7.